The van der Waals surface area contributed by atoms with Crippen LogP contribution in [0.15, 0.2) is 12.1 Å². The van der Waals surface area contributed by atoms with Gasteiger partial charge in [-0.2, -0.15) is 0 Å². The monoisotopic (exact) mass is 290 g/mol. The molecule has 2 rings (SSSR count). The topological polar surface area (TPSA) is 66.9 Å². The summed E-state index contributed by atoms with van der Waals surface area (Å²) in [6.07, 6.45) is 7.35. The molecule has 5 heteroatoms. The number of carbonyl (C=O) groups is 1. The molecule has 0 bridgehead atoms. The van der Waals surface area contributed by atoms with E-state index in [4.69, 9.17) is 0 Å². The number of hydrogen-bond acceptors (Lipinski definition) is 4. The summed E-state index contributed by atoms with van der Waals surface area (Å²) in [4.78, 5) is 12.2. The highest BCUT2D eigenvalue weighted by atomic mass is 16.2. The first kappa shape index (κ1) is 15.7. The lowest BCUT2D eigenvalue weighted by Crippen LogP contribution is -2.39. The van der Waals surface area contributed by atoms with Crippen LogP contribution in [0.3, 0.4) is 0 Å². The average molecular weight is 290 g/mol. The number of rotatable bonds is 6. The second kappa shape index (κ2) is 7.96. The van der Waals surface area contributed by atoms with Gasteiger partial charge >= 0.3 is 0 Å². The summed E-state index contributed by atoms with van der Waals surface area (Å²) in [6, 6.07) is 3.74. The first-order chi connectivity index (χ1) is 10.2. The van der Waals surface area contributed by atoms with E-state index in [9.17, 15) is 4.79 Å². The van der Waals surface area contributed by atoms with Crippen molar-refractivity contribution in [2.24, 2.45) is 5.92 Å². The Labute approximate surface area is 126 Å². The number of nitrogens with one attached hydrogen (secondary N) is 2. The molecule has 1 heterocycles. The van der Waals surface area contributed by atoms with E-state index in [-0.39, 0.29) is 11.9 Å². The third-order valence-corrected chi connectivity index (χ3v) is 4.17. The minimum absolute atomic E-state index is 0.123. The van der Waals surface area contributed by atoms with Crippen LogP contribution in [0.4, 0.5) is 5.82 Å². The normalized spacial score (nSPS) is 17.2. The van der Waals surface area contributed by atoms with Gasteiger partial charge in [0, 0.05) is 12.6 Å². The van der Waals surface area contributed by atoms with Crippen LogP contribution in [0.1, 0.15) is 62.9 Å². The smallest absolute Gasteiger partial charge is 0.272 e. The number of amides is 1. The molecule has 0 aliphatic heterocycles. The van der Waals surface area contributed by atoms with E-state index in [1.54, 1.807) is 6.07 Å². The molecule has 1 amide bonds. The summed E-state index contributed by atoms with van der Waals surface area (Å²) in [6.45, 7) is 5.05. The highest BCUT2D eigenvalue weighted by Crippen LogP contribution is 2.26. The van der Waals surface area contributed by atoms with Gasteiger partial charge in [-0.3, -0.25) is 4.79 Å². The van der Waals surface area contributed by atoms with Crippen molar-refractivity contribution in [1.29, 1.82) is 0 Å². The van der Waals surface area contributed by atoms with Crippen molar-refractivity contribution in [3.63, 3.8) is 0 Å². The highest BCUT2D eigenvalue weighted by Gasteiger charge is 2.22. The molecule has 0 radical (unpaired) electrons. The minimum atomic E-state index is -0.123. The quantitative estimate of drug-likeness (QED) is 0.845. The standard InChI is InChI=1S/C16H26N4O/c1-3-11-17-15-10-9-14(19-20-15)16(21)18-12(2)13-7-5-4-6-8-13/h9-10,12-13H,3-8,11H2,1-2H3,(H,17,20)(H,18,21). The number of nitrogens with zero attached hydrogens (tertiary/aromatic N) is 2. The number of hydrogen-bond donors (Lipinski definition) is 2. The van der Waals surface area contributed by atoms with Gasteiger partial charge in [0.25, 0.3) is 5.91 Å². The minimum Gasteiger partial charge on any atom is -0.369 e. The van der Waals surface area contributed by atoms with E-state index < -0.39 is 0 Å². The van der Waals surface area contributed by atoms with Crippen molar-refractivity contribution < 1.29 is 4.79 Å². The van der Waals surface area contributed by atoms with Crippen LogP contribution in [-0.4, -0.2) is 28.7 Å². The maximum atomic E-state index is 12.2. The van der Waals surface area contributed by atoms with Gasteiger partial charge in [-0.05, 0) is 44.2 Å². The third kappa shape index (κ3) is 4.69. The predicted octanol–water partition coefficient (Wildman–Crippen LogP) is 3.00. The van der Waals surface area contributed by atoms with E-state index >= 15 is 0 Å². The molecule has 1 saturated carbocycles. The van der Waals surface area contributed by atoms with Gasteiger partial charge in [-0.1, -0.05) is 26.2 Å². The van der Waals surface area contributed by atoms with Crippen molar-refractivity contribution in [3.8, 4) is 0 Å². The summed E-state index contributed by atoms with van der Waals surface area (Å²) >= 11 is 0. The Morgan fingerprint density at radius 3 is 2.67 bits per heavy atom. The van der Waals surface area contributed by atoms with Crippen LogP contribution in [-0.2, 0) is 0 Å². The lowest BCUT2D eigenvalue weighted by atomic mass is 9.84. The molecule has 0 saturated heterocycles. The van der Waals surface area contributed by atoms with E-state index in [1.807, 2.05) is 6.07 Å². The first-order valence-electron chi connectivity index (χ1n) is 8.09. The summed E-state index contributed by atoms with van der Waals surface area (Å²) < 4.78 is 0. The number of carbonyl (C=O) groups excluding carboxylic acids is 1. The largest absolute Gasteiger partial charge is 0.369 e. The fraction of sp³-hybridized carbons (Fsp3) is 0.688. The highest BCUT2D eigenvalue weighted by molar-refractivity contribution is 5.92. The summed E-state index contributed by atoms with van der Waals surface area (Å²) in [5.41, 5.74) is 0.389. The number of anilines is 1. The molecule has 5 nitrogen and oxygen atoms in total. The SMILES string of the molecule is CCCNc1ccc(C(=O)NC(C)C2CCCCC2)nn1. The van der Waals surface area contributed by atoms with E-state index in [1.165, 1.54) is 32.1 Å². The van der Waals surface area contributed by atoms with Gasteiger partial charge in [0.1, 0.15) is 5.82 Å². The van der Waals surface area contributed by atoms with Crippen LogP contribution in [0.25, 0.3) is 0 Å². The van der Waals surface area contributed by atoms with Gasteiger partial charge in [0.15, 0.2) is 5.69 Å². The summed E-state index contributed by atoms with van der Waals surface area (Å²) in [5, 5.41) is 14.3. The molecule has 0 spiro atoms. The molecular formula is C16H26N4O. The maximum absolute atomic E-state index is 12.2. The zero-order valence-electron chi connectivity index (χ0n) is 13.1. The molecule has 1 aromatic heterocycles. The lowest BCUT2D eigenvalue weighted by Gasteiger charge is -2.28. The van der Waals surface area contributed by atoms with E-state index in [2.05, 4.69) is 34.7 Å². The molecule has 2 N–H and O–H groups in total. The Hall–Kier alpha value is -1.65. The molecule has 0 aromatic carbocycles. The Bertz CT molecular complexity index is 440. The first-order valence-corrected chi connectivity index (χ1v) is 8.09. The van der Waals surface area contributed by atoms with Crippen molar-refractivity contribution in [2.75, 3.05) is 11.9 Å². The Morgan fingerprint density at radius 1 is 1.29 bits per heavy atom. The predicted molar refractivity (Wildman–Crippen MR) is 84.3 cm³/mol. The zero-order chi connectivity index (χ0) is 15.1. The lowest BCUT2D eigenvalue weighted by molar-refractivity contribution is 0.0913. The Morgan fingerprint density at radius 2 is 2.05 bits per heavy atom. The van der Waals surface area contributed by atoms with Crippen LogP contribution < -0.4 is 10.6 Å². The summed E-state index contributed by atoms with van der Waals surface area (Å²) in [5.74, 6) is 1.19. The molecule has 1 unspecified atom stereocenters. The van der Waals surface area contributed by atoms with Crippen LogP contribution >= 0.6 is 0 Å². The Balaban J connectivity index is 1.87. The van der Waals surface area contributed by atoms with Crippen molar-refractivity contribution in [3.05, 3.63) is 17.8 Å². The molecule has 1 atom stereocenters. The van der Waals surface area contributed by atoms with Crippen molar-refractivity contribution in [1.82, 2.24) is 15.5 Å². The van der Waals surface area contributed by atoms with E-state index in [0.717, 1.165) is 13.0 Å². The van der Waals surface area contributed by atoms with Gasteiger partial charge in [-0.25, -0.2) is 0 Å². The van der Waals surface area contributed by atoms with Gasteiger partial charge < -0.3 is 10.6 Å². The van der Waals surface area contributed by atoms with Gasteiger partial charge in [-0.15, -0.1) is 10.2 Å². The molecule has 1 aliphatic rings. The fourth-order valence-electron chi connectivity index (χ4n) is 2.83. The summed E-state index contributed by atoms with van der Waals surface area (Å²) in [7, 11) is 0. The van der Waals surface area contributed by atoms with Crippen LogP contribution in [0, 0.1) is 5.92 Å². The third-order valence-electron chi connectivity index (χ3n) is 4.17. The molecule has 1 aromatic rings. The fourth-order valence-corrected chi connectivity index (χ4v) is 2.83. The molecule has 21 heavy (non-hydrogen) atoms. The van der Waals surface area contributed by atoms with Gasteiger partial charge in [0.05, 0.1) is 0 Å². The van der Waals surface area contributed by atoms with E-state index in [0.29, 0.717) is 17.4 Å². The van der Waals surface area contributed by atoms with Gasteiger partial charge in [0.2, 0.25) is 0 Å². The Kier molecular flexibility index (Phi) is 5.96. The molecular weight excluding hydrogens is 264 g/mol. The van der Waals surface area contributed by atoms with Crippen LogP contribution in [0.5, 0.6) is 0 Å². The molecule has 1 fully saturated rings. The molecule has 1 aliphatic carbocycles. The van der Waals surface area contributed by atoms with Crippen molar-refractivity contribution in [2.45, 2.75) is 58.4 Å². The second-order valence-electron chi connectivity index (χ2n) is 5.89. The van der Waals surface area contributed by atoms with Crippen molar-refractivity contribution >= 4 is 11.7 Å². The maximum Gasteiger partial charge on any atom is 0.272 e. The zero-order valence-corrected chi connectivity index (χ0v) is 13.1. The second-order valence-corrected chi connectivity index (χ2v) is 5.89. The van der Waals surface area contributed by atoms with Crippen LogP contribution in [0.2, 0.25) is 0 Å². The molecule has 116 valence electrons. The number of aromatic nitrogens is 2. The average Bonchev–Trinajstić information content (AvgIpc) is 2.54.